The van der Waals surface area contributed by atoms with Gasteiger partial charge in [0.1, 0.15) is 0 Å². The van der Waals surface area contributed by atoms with E-state index in [9.17, 15) is 4.79 Å². The zero-order chi connectivity index (χ0) is 7.82. The molecule has 0 saturated carbocycles. The molecule has 3 heteroatoms. The summed E-state index contributed by atoms with van der Waals surface area (Å²) in [5.41, 5.74) is 0. The molecule has 0 spiro atoms. The van der Waals surface area contributed by atoms with Crippen LogP contribution in [-0.2, 0) is 9.53 Å². The number of carbonyl (C=O) groups excluding carboxylic acids is 1. The Hall–Kier alpha value is -0.660. The average molecular weight is 143 g/mol. The second-order valence-corrected chi connectivity index (χ2v) is 2.11. The lowest BCUT2D eigenvalue weighted by Gasteiger charge is -2.07. The van der Waals surface area contributed by atoms with Gasteiger partial charge in [-0.1, -0.05) is 6.92 Å². The topological polar surface area (TPSA) is 38.7 Å². The first kappa shape index (κ1) is 9.34. The lowest BCUT2D eigenvalue weighted by Crippen LogP contribution is -2.12. The normalized spacial score (nSPS) is 12.2. The summed E-state index contributed by atoms with van der Waals surface area (Å²) in [5, 5.41) is 0. The molecule has 0 aliphatic heterocycles. The molecule has 0 bridgehead atoms. The van der Waals surface area contributed by atoms with Gasteiger partial charge < -0.3 is 4.74 Å². The summed E-state index contributed by atoms with van der Waals surface area (Å²) in [6, 6.07) is 0. The van der Waals surface area contributed by atoms with Crippen molar-refractivity contribution in [1.29, 1.82) is 0 Å². The molecule has 1 unspecified atom stereocenters. The van der Waals surface area contributed by atoms with Crippen LogP contribution in [0.25, 0.3) is 0 Å². The maximum Gasteiger partial charge on any atom is 0.235 e. The van der Waals surface area contributed by atoms with Gasteiger partial charge in [-0.3, -0.25) is 0 Å². The average Bonchev–Trinajstić information content (AvgIpc) is 1.97. The third-order valence-electron chi connectivity index (χ3n) is 1.02. The van der Waals surface area contributed by atoms with Crippen LogP contribution in [0.5, 0.6) is 0 Å². The van der Waals surface area contributed by atoms with Crippen molar-refractivity contribution < 1.29 is 9.53 Å². The molecule has 10 heavy (non-hydrogen) atoms. The number of hydrogen-bond acceptors (Lipinski definition) is 3. The summed E-state index contributed by atoms with van der Waals surface area (Å²) in [7, 11) is 0. The van der Waals surface area contributed by atoms with Gasteiger partial charge in [0.2, 0.25) is 6.08 Å². The summed E-state index contributed by atoms with van der Waals surface area (Å²) >= 11 is 0. The zero-order valence-electron chi connectivity index (χ0n) is 6.46. The van der Waals surface area contributed by atoms with Crippen molar-refractivity contribution in [2.24, 2.45) is 4.99 Å². The van der Waals surface area contributed by atoms with E-state index in [4.69, 9.17) is 4.74 Å². The highest BCUT2D eigenvalue weighted by molar-refractivity contribution is 5.32. The fourth-order valence-electron chi connectivity index (χ4n) is 0.538. The second kappa shape index (κ2) is 6.46. The van der Waals surface area contributed by atoms with Gasteiger partial charge in [0.25, 0.3) is 0 Å². The minimum absolute atomic E-state index is 0.0430. The summed E-state index contributed by atoms with van der Waals surface area (Å²) in [5.74, 6) is 0. The zero-order valence-corrected chi connectivity index (χ0v) is 6.46. The van der Waals surface area contributed by atoms with E-state index in [0.717, 1.165) is 13.0 Å². The molecule has 0 aromatic heterocycles. The molecule has 0 aliphatic carbocycles. The standard InChI is InChI=1S/C7H13NO2/c1-3-4-10-7(2)5-8-6-9/h7H,3-5H2,1-2H3. The number of aliphatic imine (C=N–C) groups is 1. The minimum atomic E-state index is 0.0430. The highest BCUT2D eigenvalue weighted by atomic mass is 16.5. The molecular formula is C7H13NO2. The van der Waals surface area contributed by atoms with Crippen LogP contribution in [0.4, 0.5) is 0 Å². The quantitative estimate of drug-likeness (QED) is 0.427. The largest absolute Gasteiger partial charge is 0.377 e. The first-order chi connectivity index (χ1) is 4.81. The monoisotopic (exact) mass is 143 g/mol. The van der Waals surface area contributed by atoms with Crippen LogP contribution < -0.4 is 0 Å². The van der Waals surface area contributed by atoms with Crippen LogP contribution in [0, 0.1) is 0 Å². The van der Waals surface area contributed by atoms with Crippen LogP contribution in [0.3, 0.4) is 0 Å². The molecule has 0 N–H and O–H groups in total. The van der Waals surface area contributed by atoms with E-state index in [1.807, 2.05) is 13.8 Å². The fraction of sp³-hybridized carbons (Fsp3) is 0.857. The molecule has 0 aromatic carbocycles. The third kappa shape index (κ3) is 5.48. The molecule has 0 amide bonds. The molecule has 0 aliphatic rings. The number of nitrogens with zero attached hydrogens (tertiary/aromatic N) is 1. The highest BCUT2D eigenvalue weighted by Gasteiger charge is 1.97. The smallest absolute Gasteiger partial charge is 0.235 e. The van der Waals surface area contributed by atoms with Gasteiger partial charge in [-0.05, 0) is 13.3 Å². The summed E-state index contributed by atoms with van der Waals surface area (Å²) < 4.78 is 5.22. The number of ether oxygens (including phenoxy) is 1. The SMILES string of the molecule is CCCOC(C)CN=C=O. The number of isocyanates is 1. The van der Waals surface area contributed by atoms with Gasteiger partial charge in [-0.15, -0.1) is 0 Å². The summed E-state index contributed by atoms with van der Waals surface area (Å²) in [6.45, 7) is 5.07. The molecular weight excluding hydrogens is 130 g/mol. The van der Waals surface area contributed by atoms with E-state index in [1.165, 1.54) is 6.08 Å². The second-order valence-electron chi connectivity index (χ2n) is 2.11. The van der Waals surface area contributed by atoms with Gasteiger partial charge in [0.05, 0.1) is 12.6 Å². The highest BCUT2D eigenvalue weighted by Crippen LogP contribution is 1.91. The molecule has 0 radical (unpaired) electrons. The van der Waals surface area contributed by atoms with Gasteiger partial charge in [-0.2, -0.15) is 0 Å². The third-order valence-corrected chi connectivity index (χ3v) is 1.02. The minimum Gasteiger partial charge on any atom is -0.377 e. The molecule has 0 heterocycles. The lowest BCUT2D eigenvalue weighted by molar-refractivity contribution is 0.0728. The predicted octanol–water partition coefficient (Wildman–Crippen LogP) is 1.14. The van der Waals surface area contributed by atoms with Crippen LogP contribution >= 0.6 is 0 Å². The maximum absolute atomic E-state index is 9.64. The first-order valence-corrected chi connectivity index (χ1v) is 3.46. The van der Waals surface area contributed by atoms with E-state index in [0.29, 0.717) is 6.54 Å². The first-order valence-electron chi connectivity index (χ1n) is 3.46. The molecule has 0 saturated heterocycles. The Morgan fingerprint density at radius 3 is 2.90 bits per heavy atom. The molecule has 1 atom stereocenters. The Bertz CT molecular complexity index is 119. The van der Waals surface area contributed by atoms with Crippen LogP contribution in [0.15, 0.2) is 4.99 Å². The Labute approximate surface area is 61.1 Å². The maximum atomic E-state index is 9.64. The van der Waals surface area contributed by atoms with Gasteiger partial charge >= 0.3 is 0 Å². The van der Waals surface area contributed by atoms with Crippen molar-refractivity contribution >= 4 is 6.08 Å². The fourth-order valence-corrected chi connectivity index (χ4v) is 0.538. The Morgan fingerprint density at radius 1 is 1.70 bits per heavy atom. The molecule has 0 rings (SSSR count). The van der Waals surface area contributed by atoms with Crippen molar-refractivity contribution in [3.05, 3.63) is 0 Å². The lowest BCUT2D eigenvalue weighted by atomic mass is 10.4. The van der Waals surface area contributed by atoms with E-state index in [2.05, 4.69) is 4.99 Å². The van der Waals surface area contributed by atoms with E-state index in [-0.39, 0.29) is 6.10 Å². The Morgan fingerprint density at radius 2 is 2.40 bits per heavy atom. The molecule has 58 valence electrons. The van der Waals surface area contributed by atoms with Gasteiger partial charge in [-0.25, -0.2) is 9.79 Å². The van der Waals surface area contributed by atoms with Gasteiger partial charge in [0.15, 0.2) is 0 Å². The summed E-state index contributed by atoms with van der Waals surface area (Å²) in [4.78, 5) is 13.0. The van der Waals surface area contributed by atoms with E-state index >= 15 is 0 Å². The van der Waals surface area contributed by atoms with Crippen LogP contribution in [-0.4, -0.2) is 25.3 Å². The Balaban J connectivity index is 3.24. The molecule has 3 nitrogen and oxygen atoms in total. The van der Waals surface area contributed by atoms with Crippen molar-refractivity contribution in [2.75, 3.05) is 13.2 Å². The Kier molecular flexibility index (Phi) is 6.03. The van der Waals surface area contributed by atoms with Crippen molar-refractivity contribution in [1.82, 2.24) is 0 Å². The molecule has 0 fully saturated rings. The predicted molar refractivity (Wildman–Crippen MR) is 38.7 cm³/mol. The van der Waals surface area contributed by atoms with Crippen molar-refractivity contribution in [3.8, 4) is 0 Å². The van der Waals surface area contributed by atoms with Crippen molar-refractivity contribution in [3.63, 3.8) is 0 Å². The summed E-state index contributed by atoms with van der Waals surface area (Å²) in [6.07, 6.45) is 2.51. The molecule has 0 aromatic rings. The van der Waals surface area contributed by atoms with Crippen LogP contribution in [0.1, 0.15) is 20.3 Å². The van der Waals surface area contributed by atoms with Gasteiger partial charge in [0, 0.05) is 6.61 Å². The number of hydrogen-bond donors (Lipinski definition) is 0. The van der Waals surface area contributed by atoms with Crippen molar-refractivity contribution in [2.45, 2.75) is 26.4 Å². The van der Waals surface area contributed by atoms with E-state index < -0.39 is 0 Å². The number of rotatable bonds is 5. The van der Waals surface area contributed by atoms with E-state index in [1.54, 1.807) is 0 Å². The van der Waals surface area contributed by atoms with Crippen LogP contribution in [0.2, 0.25) is 0 Å².